The molecule has 0 radical (unpaired) electrons. The van der Waals surface area contributed by atoms with Crippen molar-refractivity contribution in [1.82, 2.24) is 10.2 Å². The minimum atomic E-state index is -0.816. The zero-order chi connectivity index (χ0) is 14.1. The first-order valence-corrected chi connectivity index (χ1v) is 7.89. The molecule has 5 nitrogen and oxygen atoms in total. The van der Waals surface area contributed by atoms with E-state index in [1.165, 1.54) is 12.8 Å². The summed E-state index contributed by atoms with van der Waals surface area (Å²) in [5.74, 6) is -1.09. The van der Waals surface area contributed by atoms with E-state index in [1.54, 1.807) is 0 Å². The van der Waals surface area contributed by atoms with Crippen molar-refractivity contribution in [2.75, 3.05) is 19.6 Å². The molecule has 20 heavy (non-hydrogen) atoms. The molecule has 0 aromatic heterocycles. The SMILES string of the molecule is O=C(O)[C@H]1CCC[C@H]1C(=O)NCC1CCN(C2CC2)C1. The Morgan fingerprint density at radius 2 is 1.85 bits per heavy atom. The van der Waals surface area contributed by atoms with Gasteiger partial charge in [0.05, 0.1) is 11.8 Å². The Hall–Kier alpha value is -1.10. The number of nitrogens with one attached hydrogen (secondary N) is 1. The molecule has 3 aliphatic rings. The first kappa shape index (κ1) is 13.9. The fourth-order valence-electron chi connectivity index (χ4n) is 3.75. The van der Waals surface area contributed by atoms with E-state index in [-0.39, 0.29) is 11.8 Å². The number of carboxylic acids is 1. The predicted octanol–water partition coefficient (Wildman–Crippen LogP) is 1.09. The smallest absolute Gasteiger partial charge is 0.307 e. The summed E-state index contributed by atoms with van der Waals surface area (Å²) >= 11 is 0. The van der Waals surface area contributed by atoms with Gasteiger partial charge in [0.25, 0.3) is 0 Å². The predicted molar refractivity (Wildman–Crippen MR) is 74.2 cm³/mol. The second kappa shape index (κ2) is 5.72. The molecular formula is C15H24N2O3. The maximum absolute atomic E-state index is 12.2. The standard InChI is InChI=1S/C15H24N2O3/c18-14(12-2-1-3-13(12)15(19)20)16-8-10-6-7-17(9-10)11-4-5-11/h10-13H,1-9H2,(H,16,18)(H,19,20)/t10?,12-,13+/m1/s1. The molecule has 5 heteroatoms. The van der Waals surface area contributed by atoms with E-state index in [0.717, 1.165) is 38.4 Å². The van der Waals surface area contributed by atoms with Gasteiger partial charge in [-0.3, -0.25) is 9.59 Å². The van der Waals surface area contributed by atoms with Crippen LogP contribution in [-0.2, 0) is 9.59 Å². The highest BCUT2D eigenvalue weighted by Crippen LogP contribution is 2.33. The lowest BCUT2D eigenvalue weighted by Crippen LogP contribution is -2.38. The Morgan fingerprint density at radius 3 is 2.55 bits per heavy atom. The maximum Gasteiger partial charge on any atom is 0.307 e. The molecule has 0 bridgehead atoms. The van der Waals surface area contributed by atoms with Gasteiger partial charge < -0.3 is 15.3 Å². The highest BCUT2D eigenvalue weighted by Gasteiger charge is 2.38. The van der Waals surface area contributed by atoms with Gasteiger partial charge in [-0.1, -0.05) is 6.42 Å². The van der Waals surface area contributed by atoms with Gasteiger partial charge in [-0.2, -0.15) is 0 Å². The van der Waals surface area contributed by atoms with Crippen LogP contribution in [0.3, 0.4) is 0 Å². The third kappa shape index (κ3) is 2.97. The molecule has 0 spiro atoms. The zero-order valence-electron chi connectivity index (χ0n) is 11.9. The van der Waals surface area contributed by atoms with Gasteiger partial charge in [0.1, 0.15) is 0 Å². The largest absolute Gasteiger partial charge is 0.481 e. The second-order valence-electron chi connectivity index (χ2n) is 6.61. The highest BCUT2D eigenvalue weighted by molar-refractivity contribution is 5.85. The molecule has 1 unspecified atom stereocenters. The van der Waals surface area contributed by atoms with E-state index in [4.69, 9.17) is 5.11 Å². The van der Waals surface area contributed by atoms with Crippen molar-refractivity contribution >= 4 is 11.9 Å². The van der Waals surface area contributed by atoms with Gasteiger partial charge in [-0.05, 0) is 44.6 Å². The Labute approximate surface area is 119 Å². The van der Waals surface area contributed by atoms with Crippen LogP contribution in [0.5, 0.6) is 0 Å². The molecule has 0 aromatic carbocycles. The van der Waals surface area contributed by atoms with Gasteiger partial charge in [-0.15, -0.1) is 0 Å². The van der Waals surface area contributed by atoms with Crippen LogP contribution in [0, 0.1) is 17.8 Å². The Kier molecular flexibility index (Phi) is 3.96. The van der Waals surface area contributed by atoms with E-state index in [0.29, 0.717) is 18.9 Å². The number of nitrogens with zero attached hydrogens (tertiary/aromatic N) is 1. The molecule has 3 rings (SSSR count). The summed E-state index contributed by atoms with van der Waals surface area (Å²) in [5, 5.41) is 12.1. The number of carboxylic acid groups (broad SMARTS) is 1. The molecule has 112 valence electrons. The van der Waals surface area contributed by atoms with Gasteiger partial charge in [0, 0.05) is 19.1 Å². The first-order valence-electron chi connectivity index (χ1n) is 7.89. The summed E-state index contributed by atoms with van der Waals surface area (Å²) in [4.78, 5) is 25.8. The van der Waals surface area contributed by atoms with E-state index in [1.807, 2.05) is 0 Å². The normalized spacial score (nSPS) is 34.3. The molecule has 2 saturated carbocycles. The summed E-state index contributed by atoms with van der Waals surface area (Å²) in [6, 6.07) is 0.807. The number of carbonyl (C=O) groups is 2. The van der Waals surface area contributed by atoms with Crippen LogP contribution in [-0.4, -0.2) is 47.6 Å². The molecule has 1 heterocycles. The number of likely N-dealkylation sites (tertiary alicyclic amines) is 1. The lowest BCUT2D eigenvalue weighted by Gasteiger charge is -2.18. The third-order valence-corrected chi connectivity index (χ3v) is 5.12. The number of rotatable bonds is 5. The van der Waals surface area contributed by atoms with Crippen LogP contribution in [0.15, 0.2) is 0 Å². The van der Waals surface area contributed by atoms with Crippen LogP contribution in [0.25, 0.3) is 0 Å². The van der Waals surface area contributed by atoms with E-state index >= 15 is 0 Å². The maximum atomic E-state index is 12.2. The Balaban J connectivity index is 1.44. The third-order valence-electron chi connectivity index (χ3n) is 5.12. The van der Waals surface area contributed by atoms with Gasteiger partial charge in [-0.25, -0.2) is 0 Å². The second-order valence-corrected chi connectivity index (χ2v) is 6.61. The van der Waals surface area contributed by atoms with E-state index < -0.39 is 11.9 Å². The quantitative estimate of drug-likeness (QED) is 0.791. The molecule has 0 aromatic rings. The van der Waals surface area contributed by atoms with Crippen molar-refractivity contribution in [3.63, 3.8) is 0 Å². The van der Waals surface area contributed by atoms with Crippen LogP contribution in [0.1, 0.15) is 38.5 Å². The van der Waals surface area contributed by atoms with Crippen molar-refractivity contribution in [3.05, 3.63) is 0 Å². The summed E-state index contributed by atoms with van der Waals surface area (Å²) in [6.07, 6.45) is 6.05. The molecule has 3 atom stereocenters. The fourth-order valence-corrected chi connectivity index (χ4v) is 3.75. The number of hydrogen-bond donors (Lipinski definition) is 2. The molecule has 1 amide bonds. The summed E-state index contributed by atoms with van der Waals surface area (Å²) in [6.45, 7) is 2.97. The lowest BCUT2D eigenvalue weighted by molar-refractivity contribution is -0.146. The van der Waals surface area contributed by atoms with E-state index in [9.17, 15) is 9.59 Å². The molecule has 1 aliphatic heterocycles. The van der Waals surface area contributed by atoms with Gasteiger partial charge in [0.15, 0.2) is 0 Å². The van der Waals surface area contributed by atoms with E-state index in [2.05, 4.69) is 10.2 Å². The number of carbonyl (C=O) groups excluding carboxylic acids is 1. The Bertz CT molecular complexity index is 395. The minimum absolute atomic E-state index is 0.0419. The molecule has 3 fully saturated rings. The highest BCUT2D eigenvalue weighted by atomic mass is 16.4. The summed E-state index contributed by atoms with van der Waals surface area (Å²) in [5.41, 5.74) is 0. The number of hydrogen-bond acceptors (Lipinski definition) is 3. The molecular weight excluding hydrogens is 256 g/mol. The number of amides is 1. The molecule has 2 aliphatic carbocycles. The molecule has 1 saturated heterocycles. The average molecular weight is 280 g/mol. The van der Waals surface area contributed by atoms with Gasteiger partial charge in [0.2, 0.25) is 5.91 Å². The van der Waals surface area contributed by atoms with Crippen molar-refractivity contribution in [2.45, 2.75) is 44.6 Å². The first-order chi connectivity index (χ1) is 9.65. The Morgan fingerprint density at radius 1 is 1.10 bits per heavy atom. The van der Waals surface area contributed by atoms with Crippen LogP contribution >= 0.6 is 0 Å². The van der Waals surface area contributed by atoms with Gasteiger partial charge >= 0.3 is 5.97 Å². The van der Waals surface area contributed by atoms with Crippen LogP contribution in [0.4, 0.5) is 0 Å². The van der Waals surface area contributed by atoms with Crippen LogP contribution in [0.2, 0.25) is 0 Å². The van der Waals surface area contributed by atoms with Crippen molar-refractivity contribution in [2.24, 2.45) is 17.8 Å². The van der Waals surface area contributed by atoms with Crippen molar-refractivity contribution < 1.29 is 14.7 Å². The fraction of sp³-hybridized carbons (Fsp3) is 0.867. The molecule has 2 N–H and O–H groups in total. The summed E-state index contributed by atoms with van der Waals surface area (Å²) in [7, 11) is 0. The van der Waals surface area contributed by atoms with Crippen molar-refractivity contribution in [3.8, 4) is 0 Å². The topological polar surface area (TPSA) is 69.6 Å². The zero-order valence-corrected chi connectivity index (χ0v) is 11.9. The average Bonchev–Trinajstić information content (AvgIpc) is 2.98. The number of aliphatic carboxylic acids is 1. The minimum Gasteiger partial charge on any atom is -0.481 e. The monoisotopic (exact) mass is 280 g/mol. The summed E-state index contributed by atoms with van der Waals surface area (Å²) < 4.78 is 0. The van der Waals surface area contributed by atoms with Crippen LogP contribution < -0.4 is 5.32 Å². The van der Waals surface area contributed by atoms with Crippen molar-refractivity contribution in [1.29, 1.82) is 0 Å². The lowest BCUT2D eigenvalue weighted by atomic mass is 9.95.